The van der Waals surface area contributed by atoms with E-state index < -0.39 is 9.84 Å². The summed E-state index contributed by atoms with van der Waals surface area (Å²) in [5.74, 6) is -0.190. The summed E-state index contributed by atoms with van der Waals surface area (Å²) in [6.45, 7) is 3.71. The Morgan fingerprint density at radius 2 is 1.83 bits per heavy atom. The van der Waals surface area contributed by atoms with Crippen molar-refractivity contribution in [3.8, 4) is 0 Å². The number of fused-ring (bicyclic) bond motifs is 1. The molecule has 1 N–H and O–H groups in total. The van der Waals surface area contributed by atoms with Gasteiger partial charge in [-0.15, -0.1) is 0 Å². The van der Waals surface area contributed by atoms with E-state index in [1.165, 1.54) is 0 Å². The lowest BCUT2D eigenvalue weighted by atomic mass is 10.1. The quantitative estimate of drug-likeness (QED) is 0.564. The highest BCUT2D eigenvalue weighted by atomic mass is 32.2. The Balaban J connectivity index is 1.18. The molecule has 0 saturated carbocycles. The number of benzene rings is 1. The zero-order chi connectivity index (χ0) is 24.3. The third-order valence-corrected chi connectivity index (χ3v) is 9.49. The van der Waals surface area contributed by atoms with Crippen molar-refractivity contribution in [2.24, 2.45) is 0 Å². The number of amides is 1. The number of rotatable bonds is 6. The Kier molecular flexibility index (Phi) is 7.17. The Labute approximate surface area is 206 Å². The molecular weight excluding hydrogens is 464 g/mol. The zero-order valence-corrected chi connectivity index (χ0v) is 20.6. The third kappa shape index (κ3) is 5.42. The van der Waals surface area contributed by atoms with Gasteiger partial charge in [0.25, 0.3) is 5.91 Å². The van der Waals surface area contributed by atoms with Gasteiger partial charge in [-0.1, -0.05) is 12.1 Å². The first-order chi connectivity index (χ1) is 17.0. The van der Waals surface area contributed by atoms with Crippen LogP contribution in [0.25, 0.3) is 5.65 Å². The van der Waals surface area contributed by atoms with Gasteiger partial charge in [0.1, 0.15) is 5.65 Å². The van der Waals surface area contributed by atoms with Crippen LogP contribution in [0.1, 0.15) is 48.0 Å². The maximum atomic E-state index is 13.4. The SMILES string of the molecule is O=C(NCc1ccc(S(=O)(=O)C2CCCN(C3CCOCC3)CC2)cc1)c1ccc2nccn2c1. The van der Waals surface area contributed by atoms with Crippen LogP contribution in [0.3, 0.4) is 0 Å². The van der Waals surface area contributed by atoms with Crippen LogP contribution in [0.2, 0.25) is 0 Å². The number of hydrogen-bond acceptors (Lipinski definition) is 6. The molecule has 2 fully saturated rings. The highest BCUT2D eigenvalue weighted by Crippen LogP contribution is 2.27. The molecule has 9 heteroatoms. The van der Waals surface area contributed by atoms with Crippen LogP contribution in [0.4, 0.5) is 0 Å². The van der Waals surface area contributed by atoms with E-state index in [0.717, 1.165) is 56.8 Å². The number of aromatic nitrogens is 2. The minimum atomic E-state index is -3.39. The smallest absolute Gasteiger partial charge is 0.253 e. The molecule has 1 amide bonds. The van der Waals surface area contributed by atoms with Crippen molar-refractivity contribution in [1.82, 2.24) is 19.6 Å². The van der Waals surface area contributed by atoms with Crippen molar-refractivity contribution in [3.63, 3.8) is 0 Å². The highest BCUT2D eigenvalue weighted by Gasteiger charge is 2.32. The van der Waals surface area contributed by atoms with Crippen LogP contribution in [-0.4, -0.2) is 66.2 Å². The first-order valence-electron chi connectivity index (χ1n) is 12.4. The normalized spacial score (nSPS) is 20.5. The molecule has 3 aromatic rings. The summed E-state index contributed by atoms with van der Waals surface area (Å²) >= 11 is 0. The number of hydrogen-bond donors (Lipinski definition) is 1. The molecule has 186 valence electrons. The average molecular weight is 497 g/mol. The number of nitrogens with zero attached hydrogens (tertiary/aromatic N) is 3. The lowest BCUT2D eigenvalue weighted by molar-refractivity contribution is 0.0353. The molecular formula is C26H32N4O4S. The molecule has 0 spiro atoms. The second kappa shape index (κ2) is 10.5. The Bertz CT molecular complexity index is 1270. The van der Waals surface area contributed by atoms with Crippen LogP contribution in [0.15, 0.2) is 59.9 Å². The van der Waals surface area contributed by atoms with Gasteiger partial charge >= 0.3 is 0 Å². The van der Waals surface area contributed by atoms with Crippen LogP contribution < -0.4 is 5.32 Å². The van der Waals surface area contributed by atoms with Gasteiger partial charge in [0.05, 0.1) is 15.7 Å². The summed E-state index contributed by atoms with van der Waals surface area (Å²) in [5.41, 5.74) is 2.17. The predicted molar refractivity (Wildman–Crippen MR) is 133 cm³/mol. The molecule has 2 aliphatic heterocycles. The van der Waals surface area contributed by atoms with Crippen LogP contribution in [0.5, 0.6) is 0 Å². The first kappa shape index (κ1) is 24.0. The Hall–Kier alpha value is -2.75. The fourth-order valence-corrected chi connectivity index (χ4v) is 6.93. The van der Waals surface area contributed by atoms with Crippen LogP contribution >= 0.6 is 0 Å². The number of ether oxygens (including phenoxy) is 1. The molecule has 1 atom stereocenters. The van der Waals surface area contributed by atoms with E-state index in [4.69, 9.17) is 4.74 Å². The van der Waals surface area contributed by atoms with Gasteiger partial charge in [-0.2, -0.15) is 0 Å². The van der Waals surface area contributed by atoms with E-state index >= 15 is 0 Å². The zero-order valence-electron chi connectivity index (χ0n) is 19.8. The lowest BCUT2D eigenvalue weighted by Gasteiger charge is -2.33. The molecule has 2 aliphatic rings. The number of carbonyl (C=O) groups is 1. The van der Waals surface area contributed by atoms with E-state index in [-0.39, 0.29) is 11.2 Å². The van der Waals surface area contributed by atoms with Gasteiger partial charge in [0.2, 0.25) is 0 Å². The van der Waals surface area contributed by atoms with Crippen LogP contribution in [0, 0.1) is 0 Å². The fourth-order valence-electron chi connectivity index (χ4n) is 5.14. The van der Waals surface area contributed by atoms with Gasteiger partial charge in [0.15, 0.2) is 9.84 Å². The number of imidazole rings is 1. The molecule has 2 saturated heterocycles. The Morgan fingerprint density at radius 3 is 2.63 bits per heavy atom. The first-order valence-corrected chi connectivity index (χ1v) is 13.9. The number of likely N-dealkylation sites (tertiary alicyclic amines) is 1. The largest absolute Gasteiger partial charge is 0.381 e. The van der Waals surface area contributed by atoms with Gasteiger partial charge in [0, 0.05) is 44.4 Å². The number of nitrogens with one attached hydrogen (secondary N) is 1. The van der Waals surface area contributed by atoms with Gasteiger partial charge in [-0.05, 0) is 75.0 Å². The summed E-state index contributed by atoms with van der Waals surface area (Å²) in [7, 11) is -3.39. The summed E-state index contributed by atoms with van der Waals surface area (Å²) in [6, 6.07) is 11.0. The average Bonchev–Trinajstić information content (AvgIpc) is 3.22. The summed E-state index contributed by atoms with van der Waals surface area (Å²) < 4.78 is 34.0. The molecule has 5 rings (SSSR count). The molecule has 35 heavy (non-hydrogen) atoms. The molecule has 8 nitrogen and oxygen atoms in total. The van der Waals surface area contributed by atoms with Crippen molar-refractivity contribution in [2.45, 2.75) is 54.8 Å². The van der Waals surface area contributed by atoms with E-state index in [9.17, 15) is 13.2 Å². The van der Waals surface area contributed by atoms with E-state index in [2.05, 4.69) is 15.2 Å². The minimum absolute atomic E-state index is 0.190. The predicted octanol–water partition coefficient (Wildman–Crippen LogP) is 3.07. The highest BCUT2D eigenvalue weighted by molar-refractivity contribution is 7.92. The molecule has 1 unspecified atom stereocenters. The molecule has 0 aliphatic carbocycles. The summed E-state index contributed by atoms with van der Waals surface area (Å²) in [4.78, 5) is 19.5. The maximum absolute atomic E-state index is 13.4. The van der Waals surface area contributed by atoms with E-state index in [0.29, 0.717) is 35.9 Å². The van der Waals surface area contributed by atoms with Gasteiger partial charge in [-0.25, -0.2) is 13.4 Å². The second-order valence-electron chi connectivity index (χ2n) is 9.41. The monoisotopic (exact) mass is 496 g/mol. The van der Waals surface area contributed by atoms with E-state index in [1.807, 2.05) is 0 Å². The van der Waals surface area contributed by atoms with E-state index in [1.54, 1.807) is 59.4 Å². The second-order valence-corrected chi connectivity index (χ2v) is 11.6. The summed E-state index contributed by atoms with van der Waals surface area (Å²) in [6.07, 6.45) is 9.55. The fraction of sp³-hybridized carbons (Fsp3) is 0.462. The maximum Gasteiger partial charge on any atom is 0.253 e. The number of carbonyl (C=O) groups excluding carboxylic acids is 1. The van der Waals surface area contributed by atoms with Gasteiger partial charge < -0.3 is 19.4 Å². The van der Waals surface area contributed by atoms with Crippen LogP contribution in [-0.2, 0) is 21.1 Å². The molecule has 2 aromatic heterocycles. The van der Waals surface area contributed by atoms with Gasteiger partial charge in [-0.3, -0.25) is 4.79 Å². The molecule has 0 bridgehead atoms. The van der Waals surface area contributed by atoms with Crippen molar-refractivity contribution in [2.75, 3.05) is 26.3 Å². The number of pyridine rings is 1. The standard InChI is InChI=1S/C26H32N4O4S/c31-26(21-5-8-25-27-12-15-30(25)19-21)28-18-20-3-6-24(7-4-20)35(32,33)23-2-1-13-29(14-9-23)22-10-16-34-17-11-22/h3-8,12,15,19,22-23H,1-2,9-11,13-14,16-18H2,(H,28,31). The lowest BCUT2D eigenvalue weighted by Crippen LogP contribution is -2.40. The third-order valence-electron chi connectivity index (χ3n) is 7.21. The topological polar surface area (TPSA) is 93.0 Å². The Morgan fingerprint density at radius 1 is 1.03 bits per heavy atom. The summed E-state index contributed by atoms with van der Waals surface area (Å²) in [5, 5.41) is 2.55. The molecule has 1 aromatic carbocycles. The van der Waals surface area contributed by atoms with Crippen molar-refractivity contribution < 1.29 is 17.9 Å². The number of sulfone groups is 1. The van der Waals surface area contributed by atoms with Crippen molar-refractivity contribution in [3.05, 3.63) is 66.1 Å². The van der Waals surface area contributed by atoms with Crippen molar-refractivity contribution >= 4 is 21.4 Å². The minimum Gasteiger partial charge on any atom is -0.381 e. The van der Waals surface area contributed by atoms with Crippen molar-refractivity contribution in [1.29, 1.82) is 0 Å². The molecule has 4 heterocycles. The molecule has 0 radical (unpaired) electrons.